The molecule has 220 valence electrons. The minimum atomic E-state index is -0.772. The third-order valence-corrected chi connectivity index (χ3v) is 9.14. The maximum absolute atomic E-state index is 11.9. The second-order valence-corrected chi connectivity index (χ2v) is 13.1. The molecule has 1 heterocycles. The number of thioether (sulfide) groups is 1. The number of rotatable bonds is 14. The largest absolute Gasteiger partial charge is 0.481 e. The van der Waals surface area contributed by atoms with Crippen LogP contribution in [0.15, 0.2) is 78.9 Å². The maximum Gasteiger partial charge on any atom is 0.310 e. The summed E-state index contributed by atoms with van der Waals surface area (Å²) in [7, 11) is 0. The van der Waals surface area contributed by atoms with Crippen LogP contribution in [0.1, 0.15) is 85.6 Å². The highest BCUT2D eigenvalue weighted by atomic mass is 35.5. The van der Waals surface area contributed by atoms with E-state index in [2.05, 4.69) is 42.5 Å². The number of halogens is 1. The first-order valence-corrected chi connectivity index (χ1v) is 16.0. The molecule has 2 N–H and O–H groups in total. The summed E-state index contributed by atoms with van der Waals surface area (Å²) in [6.45, 7) is 5.64. The van der Waals surface area contributed by atoms with Gasteiger partial charge in [0.05, 0.1) is 22.7 Å². The molecule has 4 rings (SSSR count). The number of carboxylic acid groups (broad SMARTS) is 1. The number of fused-ring (bicyclic) bond motifs is 1. The molecule has 0 radical (unpaired) electrons. The molecule has 4 nitrogen and oxygen atoms in total. The molecular formula is C36H40ClNO3S. The average Bonchev–Trinajstić information content (AvgIpc) is 2.96. The van der Waals surface area contributed by atoms with Gasteiger partial charge in [-0.3, -0.25) is 4.79 Å². The zero-order valence-corrected chi connectivity index (χ0v) is 26.2. The number of nitrogens with zero attached hydrogens (tertiary/aromatic N) is 1. The molecule has 6 heteroatoms. The SMILES string of the molecule is CCC(C(=O)O)c1ccccc1CC[C@@H](SCCCC(C)(C)O)c1cccc(/C=C/c2ccc3ccc(Cl)cc3n2)c1. The van der Waals surface area contributed by atoms with E-state index in [1.54, 1.807) is 0 Å². The van der Waals surface area contributed by atoms with Gasteiger partial charge in [-0.15, -0.1) is 0 Å². The van der Waals surface area contributed by atoms with Crippen LogP contribution in [0.25, 0.3) is 23.1 Å². The molecule has 0 aliphatic heterocycles. The lowest BCUT2D eigenvalue weighted by atomic mass is 9.89. The van der Waals surface area contributed by atoms with Gasteiger partial charge in [0.25, 0.3) is 0 Å². The molecule has 0 saturated heterocycles. The summed E-state index contributed by atoms with van der Waals surface area (Å²) in [5.74, 6) is -0.328. The first kappa shape index (κ1) is 31.8. The molecule has 4 aromatic rings. The van der Waals surface area contributed by atoms with Crippen LogP contribution in [0.5, 0.6) is 0 Å². The molecule has 0 bridgehead atoms. The smallest absolute Gasteiger partial charge is 0.310 e. The Morgan fingerprint density at radius 1 is 1.02 bits per heavy atom. The fourth-order valence-electron chi connectivity index (χ4n) is 5.24. The van der Waals surface area contributed by atoms with Crippen LogP contribution in [0, 0.1) is 0 Å². The average molecular weight is 602 g/mol. The van der Waals surface area contributed by atoms with Crippen molar-refractivity contribution in [3.63, 3.8) is 0 Å². The van der Waals surface area contributed by atoms with Crippen LogP contribution in [0.2, 0.25) is 5.02 Å². The van der Waals surface area contributed by atoms with Gasteiger partial charge in [0, 0.05) is 15.7 Å². The van der Waals surface area contributed by atoms with Gasteiger partial charge < -0.3 is 10.2 Å². The van der Waals surface area contributed by atoms with Gasteiger partial charge in [0.15, 0.2) is 0 Å². The fraction of sp³-hybridized carbons (Fsp3) is 0.333. The van der Waals surface area contributed by atoms with E-state index < -0.39 is 17.5 Å². The molecule has 3 aromatic carbocycles. The fourth-order valence-corrected chi connectivity index (χ4v) is 6.62. The summed E-state index contributed by atoms with van der Waals surface area (Å²) in [5, 5.41) is 22.0. The molecule has 0 saturated carbocycles. The van der Waals surface area contributed by atoms with Crippen LogP contribution in [-0.4, -0.2) is 32.5 Å². The number of hydrogen-bond acceptors (Lipinski definition) is 4. The summed E-state index contributed by atoms with van der Waals surface area (Å²) in [6.07, 6.45) is 8.04. The number of hydrogen-bond donors (Lipinski definition) is 2. The van der Waals surface area contributed by atoms with Gasteiger partial charge in [-0.05, 0) is 98.2 Å². The Labute approximate surface area is 258 Å². The quantitative estimate of drug-likeness (QED) is 0.141. The Bertz CT molecular complexity index is 1530. The minimum absolute atomic E-state index is 0.235. The van der Waals surface area contributed by atoms with Crippen molar-refractivity contribution in [1.29, 1.82) is 0 Å². The Hall–Kier alpha value is -3.12. The summed E-state index contributed by atoms with van der Waals surface area (Å²) in [4.78, 5) is 16.7. The Morgan fingerprint density at radius 2 is 1.81 bits per heavy atom. The van der Waals surface area contributed by atoms with Crippen LogP contribution in [-0.2, 0) is 11.2 Å². The van der Waals surface area contributed by atoms with E-state index in [-0.39, 0.29) is 5.25 Å². The van der Waals surface area contributed by atoms with Gasteiger partial charge in [-0.1, -0.05) is 85.3 Å². The number of pyridine rings is 1. The third kappa shape index (κ3) is 9.19. The molecule has 0 aliphatic rings. The molecule has 0 spiro atoms. The van der Waals surface area contributed by atoms with E-state index in [0.29, 0.717) is 11.4 Å². The van der Waals surface area contributed by atoms with E-state index in [1.165, 1.54) is 5.56 Å². The van der Waals surface area contributed by atoms with Crippen LogP contribution < -0.4 is 0 Å². The molecule has 0 amide bonds. The Kier molecular flexibility index (Phi) is 11.3. The number of aryl methyl sites for hydroxylation is 1. The highest BCUT2D eigenvalue weighted by molar-refractivity contribution is 7.99. The van der Waals surface area contributed by atoms with Crippen molar-refractivity contribution in [2.75, 3.05) is 5.75 Å². The van der Waals surface area contributed by atoms with Gasteiger partial charge in [0.1, 0.15) is 0 Å². The van der Waals surface area contributed by atoms with Crippen LogP contribution in [0.4, 0.5) is 0 Å². The molecule has 0 fully saturated rings. The molecule has 2 atom stereocenters. The normalized spacial score (nSPS) is 13.5. The van der Waals surface area contributed by atoms with Crippen molar-refractivity contribution in [3.05, 3.63) is 112 Å². The third-order valence-electron chi connectivity index (χ3n) is 7.47. The van der Waals surface area contributed by atoms with Crippen LogP contribution in [0.3, 0.4) is 0 Å². The lowest BCUT2D eigenvalue weighted by molar-refractivity contribution is -0.138. The van der Waals surface area contributed by atoms with Gasteiger partial charge in [0.2, 0.25) is 0 Å². The first-order valence-electron chi connectivity index (χ1n) is 14.6. The number of aliphatic carboxylic acids is 1. The Balaban J connectivity index is 1.54. The minimum Gasteiger partial charge on any atom is -0.481 e. The molecule has 1 unspecified atom stereocenters. The summed E-state index contributed by atoms with van der Waals surface area (Å²) < 4.78 is 0. The molecular weight excluding hydrogens is 562 g/mol. The predicted octanol–water partition coefficient (Wildman–Crippen LogP) is 9.59. The second kappa shape index (κ2) is 14.9. The summed E-state index contributed by atoms with van der Waals surface area (Å²) in [5.41, 5.74) is 5.42. The highest BCUT2D eigenvalue weighted by Crippen LogP contribution is 2.36. The molecule has 42 heavy (non-hydrogen) atoms. The van der Waals surface area contributed by atoms with E-state index in [4.69, 9.17) is 16.6 Å². The topological polar surface area (TPSA) is 70.4 Å². The predicted molar refractivity (Wildman–Crippen MR) is 178 cm³/mol. The van der Waals surface area contributed by atoms with Crippen molar-refractivity contribution in [1.82, 2.24) is 4.98 Å². The standard InChI is InChI=1S/C36H40ClNO3S/c1-4-31(35(39)40)32-12-6-5-10-26(32)16-20-34(42-22-8-21-36(2,3)41)28-11-7-9-25(23-28)13-18-30-19-15-27-14-17-29(37)24-33(27)38-30/h5-7,9-15,17-19,23-24,31,34,41H,4,8,16,20-22H2,1-3H3,(H,39,40)/b18-13+/t31?,34-/m1/s1. The summed E-state index contributed by atoms with van der Waals surface area (Å²) in [6, 6.07) is 26.4. The van der Waals surface area contributed by atoms with E-state index in [9.17, 15) is 15.0 Å². The number of carbonyl (C=O) groups is 1. The highest BCUT2D eigenvalue weighted by Gasteiger charge is 2.22. The number of benzene rings is 3. The number of aliphatic hydroxyl groups is 1. The molecule has 1 aromatic heterocycles. The van der Waals surface area contributed by atoms with Crippen molar-refractivity contribution in [2.24, 2.45) is 0 Å². The zero-order chi connectivity index (χ0) is 30.1. The van der Waals surface area contributed by atoms with Gasteiger partial charge in [-0.25, -0.2) is 4.98 Å². The van der Waals surface area contributed by atoms with Crippen molar-refractivity contribution < 1.29 is 15.0 Å². The van der Waals surface area contributed by atoms with E-state index >= 15 is 0 Å². The van der Waals surface area contributed by atoms with E-state index in [0.717, 1.165) is 64.7 Å². The van der Waals surface area contributed by atoms with Gasteiger partial charge >= 0.3 is 5.97 Å². The van der Waals surface area contributed by atoms with Crippen molar-refractivity contribution in [3.8, 4) is 0 Å². The van der Waals surface area contributed by atoms with Crippen molar-refractivity contribution in [2.45, 2.75) is 69.6 Å². The first-order chi connectivity index (χ1) is 20.1. The number of carboxylic acids is 1. The zero-order valence-electron chi connectivity index (χ0n) is 24.6. The lowest BCUT2D eigenvalue weighted by Gasteiger charge is -2.21. The lowest BCUT2D eigenvalue weighted by Crippen LogP contribution is -2.18. The maximum atomic E-state index is 11.9. The second-order valence-electron chi connectivity index (χ2n) is 11.4. The van der Waals surface area contributed by atoms with Crippen LogP contribution >= 0.6 is 23.4 Å². The van der Waals surface area contributed by atoms with Crippen molar-refractivity contribution >= 4 is 52.4 Å². The van der Waals surface area contributed by atoms with E-state index in [1.807, 2.05) is 81.1 Å². The molecule has 0 aliphatic carbocycles. The Morgan fingerprint density at radius 3 is 2.57 bits per heavy atom. The monoisotopic (exact) mass is 601 g/mol. The summed E-state index contributed by atoms with van der Waals surface area (Å²) >= 11 is 8.08. The number of aromatic nitrogens is 1. The van der Waals surface area contributed by atoms with Gasteiger partial charge in [-0.2, -0.15) is 11.8 Å².